The normalized spacial score (nSPS) is 14.0. The highest BCUT2D eigenvalue weighted by atomic mass is 32.1. The summed E-state index contributed by atoms with van der Waals surface area (Å²) in [6, 6.07) is 6.75. The van der Waals surface area contributed by atoms with Crippen LogP contribution >= 0.6 is 11.3 Å². The zero-order valence-electron chi connectivity index (χ0n) is 14.7. The Morgan fingerprint density at radius 3 is 2.73 bits per heavy atom. The van der Waals surface area contributed by atoms with Crippen LogP contribution in [0.2, 0.25) is 0 Å². The number of ether oxygens (including phenoxy) is 1. The van der Waals surface area contributed by atoms with E-state index in [-0.39, 0.29) is 12.3 Å². The standard InChI is InChI=1S/C18H22N4O3S/c1-25-15-8-4-3-7-14(15)20-17(24)21-18-19-13(12-26-18)11-16(23)22-9-5-2-6-10-22/h3-4,7-8,12H,2,5-6,9-11H2,1H3,(H2,19,20,21,24). The van der Waals surface area contributed by atoms with E-state index in [1.807, 2.05) is 17.0 Å². The summed E-state index contributed by atoms with van der Waals surface area (Å²) in [5.41, 5.74) is 1.25. The number of thiazole rings is 1. The van der Waals surface area contributed by atoms with Gasteiger partial charge in [0.05, 0.1) is 24.9 Å². The number of amides is 3. The molecule has 0 aliphatic carbocycles. The van der Waals surface area contributed by atoms with Crippen LogP contribution in [0.1, 0.15) is 25.0 Å². The van der Waals surface area contributed by atoms with E-state index in [1.165, 1.54) is 17.8 Å². The highest BCUT2D eigenvalue weighted by Crippen LogP contribution is 2.24. The summed E-state index contributed by atoms with van der Waals surface area (Å²) in [6.45, 7) is 1.66. The van der Waals surface area contributed by atoms with E-state index in [0.29, 0.717) is 22.3 Å². The second-order valence-corrected chi connectivity index (χ2v) is 6.90. The van der Waals surface area contributed by atoms with Gasteiger partial charge in [-0.3, -0.25) is 10.1 Å². The minimum absolute atomic E-state index is 0.0972. The fraction of sp³-hybridized carbons (Fsp3) is 0.389. The zero-order valence-corrected chi connectivity index (χ0v) is 15.5. The molecule has 3 amide bonds. The van der Waals surface area contributed by atoms with Crippen molar-refractivity contribution in [3.63, 3.8) is 0 Å². The molecule has 1 aromatic heterocycles. The third-order valence-electron chi connectivity index (χ3n) is 4.17. The van der Waals surface area contributed by atoms with Crippen molar-refractivity contribution in [1.82, 2.24) is 9.88 Å². The number of hydrogen-bond acceptors (Lipinski definition) is 5. The number of carbonyl (C=O) groups is 2. The molecule has 1 aliphatic rings. The van der Waals surface area contributed by atoms with E-state index in [2.05, 4.69) is 15.6 Å². The number of nitrogens with zero attached hydrogens (tertiary/aromatic N) is 2. The number of hydrogen-bond donors (Lipinski definition) is 2. The maximum Gasteiger partial charge on any atom is 0.325 e. The molecule has 3 rings (SSSR count). The van der Waals surface area contributed by atoms with E-state index in [1.54, 1.807) is 24.6 Å². The van der Waals surface area contributed by atoms with Gasteiger partial charge in [0.15, 0.2) is 5.13 Å². The topological polar surface area (TPSA) is 83.6 Å². The van der Waals surface area contributed by atoms with Crippen LogP contribution in [0.5, 0.6) is 5.75 Å². The number of piperidine rings is 1. The van der Waals surface area contributed by atoms with E-state index < -0.39 is 6.03 Å². The number of likely N-dealkylation sites (tertiary alicyclic amines) is 1. The van der Waals surface area contributed by atoms with Crippen molar-refractivity contribution in [3.05, 3.63) is 35.3 Å². The molecule has 2 aromatic rings. The van der Waals surface area contributed by atoms with E-state index in [4.69, 9.17) is 4.74 Å². The van der Waals surface area contributed by atoms with Crippen LogP contribution in [0.25, 0.3) is 0 Å². The van der Waals surface area contributed by atoms with Gasteiger partial charge in [0.1, 0.15) is 5.75 Å². The molecule has 1 aliphatic heterocycles. The van der Waals surface area contributed by atoms with Crippen LogP contribution < -0.4 is 15.4 Å². The first kappa shape index (κ1) is 18.2. The van der Waals surface area contributed by atoms with Crippen LogP contribution in [-0.2, 0) is 11.2 Å². The lowest BCUT2D eigenvalue weighted by molar-refractivity contribution is -0.131. The Hall–Kier alpha value is -2.61. The largest absolute Gasteiger partial charge is 0.495 e. The molecular weight excluding hydrogens is 352 g/mol. The smallest absolute Gasteiger partial charge is 0.325 e. The van der Waals surface area contributed by atoms with Gasteiger partial charge in [0.2, 0.25) is 5.91 Å². The number of benzene rings is 1. The molecule has 0 spiro atoms. The predicted molar refractivity (Wildman–Crippen MR) is 102 cm³/mol. The summed E-state index contributed by atoms with van der Waals surface area (Å²) in [4.78, 5) is 30.7. The Kier molecular flexibility index (Phi) is 6.06. The molecule has 1 aromatic carbocycles. The van der Waals surface area contributed by atoms with Gasteiger partial charge in [-0.2, -0.15) is 0 Å². The Balaban J connectivity index is 1.54. The predicted octanol–water partition coefficient (Wildman–Crippen LogP) is 3.35. The minimum atomic E-state index is -0.405. The van der Waals surface area contributed by atoms with Gasteiger partial charge in [-0.15, -0.1) is 11.3 Å². The van der Waals surface area contributed by atoms with Gasteiger partial charge in [-0.25, -0.2) is 9.78 Å². The molecule has 1 fully saturated rings. The quantitative estimate of drug-likeness (QED) is 0.841. The van der Waals surface area contributed by atoms with Crippen LogP contribution in [-0.4, -0.2) is 42.0 Å². The molecule has 8 heteroatoms. The van der Waals surface area contributed by atoms with Crippen molar-refractivity contribution < 1.29 is 14.3 Å². The van der Waals surface area contributed by atoms with Crippen molar-refractivity contribution in [2.24, 2.45) is 0 Å². The number of carbonyl (C=O) groups excluding carboxylic acids is 2. The minimum Gasteiger partial charge on any atom is -0.495 e. The second kappa shape index (κ2) is 8.66. The fourth-order valence-electron chi connectivity index (χ4n) is 2.85. The van der Waals surface area contributed by atoms with E-state index in [9.17, 15) is 9.59 Å². The SMILES string of the molecule is COc1ccccc1NC(=O)Nc1nc(CC(=O)N2CCCCC2)cs1. The number of urea groups is 1. The summed E-state index contributed by atoms with van der Waals surface area (Å²) in [5.74, 6) is 0.676. The van der Waals surface area contributed by atoms with Crippen molar-refractivity contribution >= 4 is 34.1 Å². The zero-order chi connectivity index (χ0) is 18.4. The number of anilines is 2. The van der Waals surface area contributed by atoms with Gasteiger partial charge in [-0.1, -0.05) is 12.1 Å². The molecule has 138 valence electrons. The number of para-hydroxylation sites is 2. The Morgan fingerprint density at radius 1 is 1.19 bits per heavy atom. The van der Waals surface area contributed by atoms with E-state index >= 15 is 0 Å². The first-order chi connectivity index (χ1) is 12.7. The summed E-state index contributed by atoms with van der Waals surface area (Å²) in [5, 5.41) is 7.68. The third-order valence-corrected chi connectivity index (χ3v) is 4.98. The first-order valence-electron chi connectivity index (χ1n) is 8.59. The Morgan fingerprint density at radius 2 is 1.96 bits per heavy atom. The molecule has 0 bridgehead atoms. The van der Waals surface area contributed by atoms with Crippen LogP contribution in [0, 0.1) is 0 Å². The maximum absolute atomic E-state index is 12.3. The monoisotopic (exact) mass is 374 g/mol. The van der Waals surface area contributed by atoms with Crippen LogP contribution in [0.4, 0.5) is 15.6 Å². The van der Waals surface area contributed by atoms with Crippen LogP contribution in [0.3, 0.4) is 0 Å². The van der Waals surface area contributed by atoms with Gasteiger partial charge >= 0.3 is 6.03 Å². The molecule has 2 heterocycles. The first-order valence-corrected chi connectivity index (χ1v) is 9.47. The van der Waals surface area contributed by atoms with Gasteiger partial charge in [0.25, 0.3) is 0 Å². The lowest BCUT2D eigenvalue weighted by Gasteiger charge is -2.26. The average Bonchev–Trinajstić information content (AvgIpc) is 3.09. The lowest BCUT2D eigenvalue weighted by atomic mass is 10.1. The number of methoxy groups -OCH3 is 1. The molecule has 7 nitrogen and oxygen atoms in total. The van der Waals surface area contributed by atoms with Gasteiger partial charge < -0.3 is 15.0 Å². The lowest BCUT2D eigenvalue weighted by Crippen LogP contribution is -2.36. The van der Waals surface area contributed by atoms with E-state index in [0.717, 1.165) is 25.9 Å². The number of aromatic nitrogens is 1. The third kappa shape index (κ3) is 4.72. The summed E-state index contributed by atoms with van der Waals surface area (Å²) in [6.07, 6.45) is 3.60. The molecule has 2 N–H and O–H groups in total. The van der Waals surface area contributed by atoms with Crippen molar-refractivity contribution in [2.75, 3.05) is 30.8 Å². The van der Waals surface area contributed by atoms with Gasteiger partial charge in [-0.05, 0) is 31.4 Å². The molecule has 1 saturated heterocycles. The summed E-state index contributed by atoms with van der Waals surface area (Å²) in [7, 11) is 1.55. The maximum atomic E-state index is 12.3. The average molecular weight is 374 g/mol. The molecule has 0 unspecified atom stereocenters. The molecule has 26 heavy (non-hydrogen) atoms. The molecule has 0 atom stereocenters. The highest BCUT2D eigenvalue weighted by Gasteiger charge is 2.18. The molecule has 0 radical (unpaired) electrons. The fourth-order valence-corrected chi connectivity index (χ4v) is 3.56. The molecular formula is C18H22N4O3S. The second-order valence-electron chi connectivity index (χ2n) is 6.04. The number of nitrogens with one attached hydrogen (secondary N) is 2. The van der Waals surface area contributed by atoms with Crippen LogP contribution in [0.15, 0.2) is 29.6 Å². The summed E-state index contributed by atoms with van der Waals surface area (Å²) >= 11 is 1.30. The Bertz CT molecular complexity index is 771. The summed E-state index contributed by atoms with van der Waals surface area (Å²) < 4.78 is 5.20. The number of rotatable bonds is 5. The van der Waals surface area contributed by atoms with Crippen molar-refractivity contribution in [1.29, 1.82) is 0 Å². The van der Waals surface area contributed by atoms with Crippen molar-refractivity contribution in [2.45, 2.75) is 25.7 Å². The molecule has 0 saturated carbocycles. The Labute approximate surface area is 156 Å². The van der Waals surface area contributed by atoms with Gasteiger partial charge in [0, 0.05) is 18.5 Å². The van der Waals surface area contributed by atoms with Crippen molar-refractivity contribution in [3.8, 4) is 5.75 Å². The highest BCUT2D eigenvalue weighted by molar-refractivity contribution is 7.14.